The van der Waals surface area contributed by atoms with Gasteiger partial charge in [0.2, 0.25) is 5.91 Å². The zero-order valence-corrected chi connectivity index (χ0v) is 10.6. The summed E-state index contributed by atoms with van der Waals surface area (Å²) < 4.78 is 0. The highest BCUT2D eigenvalue weighted by Gasteiger charge is 2.31. The average Bonchev–Trinajstić information content (AvgIpc) is 2.40. The van der Waals surface area contributed by atoms with Crippen LogP contribution in [0.1, 0.15) is 12.1 Å². The summed E-state index contributed by atoms with van der Waals surface area (Å²) in [5, 5.41) is 11.6. The van der Waals surface area contributed by atoms with Crippen molar-refractivity contribution in [1.82, 2.24) is 15.2 Å². The number of piperazine rings is 1. The van der Waals surface area contributed by atoms with Crippen molar-refractivity contribution in [1.29, 1.82) is 0 Å². The van der Waals surface area contributed by atoms with Gasteiger partial charge in [-0.05, 0) is 12.1 Å². The van der Waals surface area contributed by atoms with Gasteiger partial charge in [0.1, 0.15) is 0 Å². The molecule has 2 N–H and O–H groups in total. The van der Waals surface area contributed by atoms with E-state index in [0.29, 0.717) is 26.1 Å². The van der Waals surface area contributed by atoms with Crippen molar-refractivity contribution in [2.75, 3.05) is 19.6 Å². The predicted molar refractivity (Wildman–Crippen MR) is 68.6 cm³/mol. The Balaban J connectivity index is 1.96. The molecule has 1 aliphatic rings. The van der Waals surface area contributed by atoms with Crippen LogP contribution in [0.3, 0.4) is 0 Å². The third-order valence-electron chi connectivity index (χ3n) is 3.19. The molecule has 0 saturated carbocycles. The molecule has 2 rings (SSSR count). The van der Waals surface area contributed by atoms with Gasteiger partial charge in [-0.3, -0.25) is 19.5 Å². The van der Waals surface area contributed by atoms with Crippen LogP contribution in [0.4, 0.5) is 0 Å². The van der Waals surface area contributed by atoms with Crippen LogP contribution in [0, 0.1) is 0 Å². The number of rotatable bonds is 5. The maximum Gasteiger partial charge on any atom is 0.305 e. The van der Waals surface area contributed by atoms with E-state index >= 15 is 0 Å². The summed E-state index contributed by atoms with van der Waals surface area (Å²) in [6.07, 6.45) is 2.28. The van der Waals surface area contributed by atoms with Gasteiger partial charge in [0.25, 0.3) is 0 Å². The lowest BCUT2D eigenvalue weighted by molar-refractivity contribution is -0.143. The van der Waals surface area contributed by atoms with Crippen molar-refractivity contribution >= 4 is 11.9 Å². The molecule has 6 nitrogen and oxygen atoms in total. The second kappa shape index (κ2) is 6.29. The van der Waals surface area contributed by atoms with Crippen LogP contribution >= 0.6 is 0 Å². The van der Waals surface area contributed by atoms with Gasteiger partial charge in [-0.15, -0.1) is 0 Å². The number of nitrogens with zero attached hydrogens (tertiary/aromatic N) is 2. The molecule has 0 bridgehead atoms. The number of aromatic nitrogens is 1. The van der Waals surface area contributed by atoms with Gasteiger partial charge in [0, 0.05) is 37.9 Å². The first kappa shape index (κ1) is 13.5. The van der Waals surface area contributed by atoms with E-state index in [9.17, 15) is 9.59 Å². The molecule has 1 fully saturated rings. The molecule has 1 aromatic rings. The van der Waals surface area contributed by atoms with Crippen LogP contribution in [-0.2, 0) is 16.0 Å². The number of carboxylic acids is 1. The first-order valence-corrected chi connectivity index (χ1v) is 6.30. The van der Waals surface area contributed by atoms with Crippen LogP contribution in [0.2, 0.25) is 0 Å². The van der Waals surface area contributed by atoms with Crippen molar-refractivity contribution in [3.63, 3.8) is 0 Å². The smallest absolute Gasteiger partial charge is 0.305 e. The Morgan fingerprint density at radius 2 is 2.37 bits per heavy atom. The van der Waals surface area contributed by atoms with Crippen molar-refractivity contribution in [3.8, 4) is 0 Å². The highest BCUT2D eigenvalue weighted by Crippen LogP contribution is 2.10. The molecule has 1 unspecified atom stereocenters. The van der Waals surface area contributed by atoms with Crippen LogP contribution in [-0.4, -0.2) is 52.5 Å². The Hall–Kier alpha value is -1.95. The summed E-state index contributed by atoms with van der Waals surface area (Å²) >= 11 is 0. The van der Waals surface area contributed by atoms with E-state index in [1.165, 1.54) is 0 Å². The number of aliphatic carboxylic acids is 1. The molecule has 0 radical (unpaired) electrons. The number of nitrogens with one attached hydrogen (secondary N) is 1. The Bertz CT molecular complexity index is 450. The quantitative estimate of drug-likeness (QED) is 0.775. The number of carbonyl (C=O) groups is 2. The number of hydrogen-bond acceptors (Lipinski definition) is 4. The van der Waals surface area contributed by atoms with E-state index < -0.39 is 12.0 Å². The second-order valence-electron chi connectivity index (χ2n) is 4.51. The van der Waals surface area contributed by atoms with Gasteiger partial charge in [-0.1, -0.05) is 6.07 Å². The van der Waals surface area contributed by atoms with Gasteiger partial charge >= 0.3 is 5.97 Å². The minimum absolute atomic E-state index is 0.159. The summed E-state index contributed by atoms with van der Waals surface area (Å²) in [4.78, 5) is 28.7. The molecule has 1 amide bonds. The van der Waals surface area contributed by atoms with E-state index in [-0.39, 0.29) is 12.3 Å². The number of pyridine rings is 1. The minimum atomic E-state index is -0.954. The third kappa shape index (κ3) is 3.75. The lowest BCUT2D eigenvalue weighted by atomic mass is 10.1. The largest absolute Gasteiger partial charge is 0.481 e. The normalized spacial score (nSPS) is 20.0. The first-order chi connectivity index (χ1) is 9.16. The lowest BCUT2D eigenvalue weighted by Crippen LogP contribution is -2.56. The highest BCUT2D eigenvalue weighted by atomic mass is 16.4. The van der Waals surface area contributed by atoms with Gasteiger partial charge < -0.3 is 10.4 Å². The van der Waals surface area contributed by atoms with Crippen molar-refractivity contribution < 1.29 is 14.7 Å². The summed E-state index contributed by atoms with van der Waals surface area (Å²) in [5.41, 5.74) is 0.947. The van der Waals surface area contributed by atoms with Gasteiger partial charge in [0.15, 0.2) is 0 Å². The average molecular weight is 263 g/mol. The molecule has 6 heteroatoms. The standard InChI is InChI=1S/C13H17N3O3/c17-12(18)9-11-13(19)15-6-8-16(11)7-4-10-3-1-2-5-14-10/h1-3,5,11H,4,6-9H2,(H,15,19)(H,17,18). The van der Waals surface area contributed by atoms with Crippen molar-refractivity contribution in [3.05, 3.63) is 30.1 Å². The van der Waals surface area contributed by atoms with E-state index in [1.54, 1.807) is 6.20 Å². The predicted octanol–water partition coefficient (Wildman–Crippen LogP) is -0.101. The summed E-state index contributed by atoms with van der Waals surface area (Å²) in [7, 11) is 0. The Labute approximate surface area is 111 Å². The van der Waals surface area contributed by atoms with Crippen molar-refractivity contribution in [2.45, 2.75) is 18.9 Å². The second-order valence-corrected chi connectivity index (χ2v) is 4.51. The molecule has 1 aliphatic heterocycles. The summed E-state index contributed by atoms with van der Waals surface area (Å²) in [5.74, 6) is -1.15. The zero-order valence-electron chi connectivity index (χ0n) is 10.6. The number of carbonyl (C=O) groups excluding carboxylic acids is 1. The third-order valence-corrected chi connectivity index (χ3v) is 3.19. The van der Waals surface area contributed by atoms with Crippen LogP contribution in [0.5, 0.6) is 0 Å². The topological polar surface area (TPSA) is 82.5 Å². The molecule has 2 heterocycles. The van der Waals surface area contributed by atoms with E-state index in [0.717, 1.165) is 5.69 Å². The highest BCUT2D eigenvalue weighted by molar-refractivity contribution is 5.86. The van der Waals surface area contributed by atoms with Gasteiger partial charge in [-0.25, -0.2) is 0 Å². The maximum atomic E-state index is 11.7. The maximum absolute atomic E-state index is 11.7. The first-order valence-electron chi connectivity index (χ1n) is 6.30. The fourth-order valence-corrected chi connectivity index (χ4v) is 2.22. The molecule has 102 valence electrons. The lowest BCUT2D eigenvalue weighted by Gasteiger charge is -2.34. The van der Waals surface area contributed by atoms with Gasteiger partial charge in [0.05, 0.1) is 12.5 Å². The molecular formula is C13H17N3O3. The monoisotopic (exact) mass is 263 g/mol. The Morgan fingerprint density at radius 3 is 3.05 bits per heavy atom. The van der Waals surface area contributed by atoms with Crippen LogP contribution in [0.25, 0.3) is 0 Å². The molecule has 1 atom stereocenters. The molecular weight excluding hydrogens is 246 g/mol. The summed E-state index contributed by atoms with van der Waals surface area (Å²) in [6.45, 7) is 1.88. The fourth-order valence-electron chi connectivity index (χ4n) is 2.22. The molecule has 19 heavy (non-hydrogen) atoms. The Morgan fingerprint density at radius 1 is 1.53 bits per heavy atom. The number of carboxylic acid groups (broad SMARTS) is 1. The SMILES string of the molecule is O=C(O)CC1C(=O)NCCN1CCc1ccccn1. The zero-order chi connectivity index (χ0) is 13.7. The van der Waals surface area contributed by atoms with E-state index in [1.807, 2.05) is 23.1 Å². The number of hydrogen-bond donors (Lipinski definition) is 2. The minimum Gasteiger partial charge on any atom is -0.481 e. The molecule has 0 spiro atoms. The Kier molecular flexibility index (Phi) is 4.46. The van der Waals surface area contributed by atoms with Crippen molar-refractivity contribution in [2.24, 2.45) is 0 Å². The van der Waals surface area contributed by atoms with Gasteiger partial charge in [-0.2, -0.15) is 0 Å². The molecule has 1 saturated heterocycles. The van der Waals surface area contributed by atoms with Crippen LogP contribution < -0.4 is 5.32 Å². The van der Waals surface area contributed by atoms with Crippen LogP contribution in [0.15, 0.2) is 24.4 Å². The molecule has 1 aromatic heterocycles. The molecule has 0 aromatic carbocycles. The summed E-state index contributed by atoms with van der Waals surface area (Å²) in [6, 6.07) is 5.12. The fraction of sp³-hybridized carbons (Fsp3) is 0.462. The molecule has 0 aliphatic carbocycles. The van der Waals surface area contributed by atoms with E-state index in [4.69, 9.17) is 5.11 Å². The van der Waals surface area contributed by atoms with E-state index in [2.05, 4.69) is 10.3 Å². The number of amides is 1.